The maximum absolute atomic E-state index is 13.5. The minimum Gasteiger partial charge on any atom is -0.330 e. The molecule has 1 aliphatic carbocycles. The summed E-state index contributed by atoms with van der Waals surface area (Å²) < 4.78 is 13.5. The van der Waals surface area contributed by atoms with Crippen molar-refractivity contribution in [3.05, 3.63) is 58.9 Å². The Kier molecular flexibility index (Phi) is 3.65. The number of hydrogen-bond acceptors (Lipinski definition) is 1. The lowest BCUT2D eigenvalue weighted by Gasteiger charge is -2.31. The molecule has 0 fully saturated rings. The van der Waals surface area contributed by atoms with Gasteiger partial charge in [-0.15, -0.1) is 0 Å². The van der Waals surface area contributed by atoms with Gasteiger partial charge in [-0.1, -0.05) is 41.9 Å². The molecule has 90 valence electrons. The van der Waals surface area contributed by atoms with E-state index >= 15 is 0 Å². The second-order valence-corrected chi connectivity index (χ2v) is 5.01. The van der Waals surface area contributed by atoms with E-state index in [0.29, 0.717) is 24.4 Å². The molecule has 0 aliphatic heterocycles. The van der Waals surface area contributed by atoms with Gasteiger partial charge in [0.1, 0.15) is 5.83 Å². The van der Waals surface area contributed by atoms with Crippen molar-refractivity contribution in [2.45, 2.75) is 12.8 Å². The van der Waals surface area contributed by atoms with Crippen LogP contribution in [-0.4, -0.2) is 6.54 Å². The number of rotatable bonds is 3. The van der Waals surface area contributed by atoms with E-state index in [4.69, 9.17) is 17.3 Å². The van der Waals surface area contributed by atoms with Crippen molar-refractivity contribution in [1.82, 2.24) is 0 Å². The summed E-state index contributed by atoms with van der Waals surface area (Å²) >= 11 is 5.97. The van der Waals surface area contributed by atoms with Crippen molar-refractivity contribution < 1.29 is 4.39 Å². The summed E-state index contributed by atoms with van der Waals surface area (Å²) in [6, 6.07) is 9.95. The maximum Gasteiger partial charge on any atom is 0.121 e. The normalized spacial score (nSPS) is 24.2. The molecule has 1 atom stereocenters. The van der Waals surface area contributed by atoms with E-state index in [1.54, 1.807) is 6.08 Å². The standard InChI is InChI=1S/C14H15ClFN/c15-12-6-13(16)9-14(8-12,10-17)7-11-4-2-1-3-5-11/h1-6,9H,7-8,10,17H2. The van der Waals surface area contributed by atoms with Crippen molar-refractivity contribution in [3.63, 3.8) is 0 Å². The number of nitrogens with two attached hydrogens (primary N) is 1. The predicted molar refractivity (Wildman–Crippen MR) is 69.4 cm³/mol. The lowest BCUT2D eigenvalue weighted by atomic mass is 9.76. The van der Waals surface area contributed by atoms with Gasteiger partial charge >= 0.3 is 0 Å². The van der Waals surface area contributed by atoms with Crippen molar-refractivity contribution in [3.8, 4) is 0 Å². The first kappa shape index (κ1) is 12.3. The fourth-order valence-corrected chi connectivity index (χ4v) is 2.61. The average molecular weight is 252 g/mol. The van der Waals surface area contributed by atoms with E-state index in [9.17, 15) is 4.39 Å². The van der Waals surface area contributed by atoms with Crippen LogP contribution in [0.4, 0.5) is 4.39 Å². The van der Waals surface area contributed by atoms with Gasteiger partial charge in [0.25, 0.3) is 0 Å². The Bertz CT molecular complexity index is 453. The molecular weight excluding hydrogens is 237 g/mol. The Balaban J connectivity index is 2.25. The summed E-state index contributed by atoms with van der Waals surface area (Å²) in [4.78, 5) is 0. The summed E-state index contributed by atoms with van der Waals surface area (Å²) in [5.74, 6) is -0.289. The lowest BCUT2D eigenvalue weighted by Crippen LogP contribution is -2.32. The number of halogens is 2. The molecule has 0 amide bonds. The van der Waals surface area contributed by atoms with Crippen LogP contribution >= 0.6 is 11.6 Å². The second-order valence-electron chi connectivity index (χ2n) is 4.53. The van der Waals surface area contributed by atoms with Gasteiger partial charge in [-0.2, -0.15) is 0 Å². The second kappa shape index (κ2) is 5.03. The average Bonchev–Trinajstić information content (AvgIpc) is 2.29. The molecule has 0 saturated heterocycles. The van der Waals surface area contributed by atoms with Crippen LogP contribution in [0.25, 0.3) is 0 Å². The topological polar surface area (TPSA) is 26.0 Å². The molecule has 1 aromatic rings. The van der Waals surface area contributed by atoms with E-state index in [-0.39, 0.29) is 5.83 Å². The van der Waals surface area contributed by atoms with Gasteiger partial charge in [0.2, 0.25) is 0 Å². The molecule has 0 aromatic heterocycles. The van der Waals surface area contributed by atoms with Crippen LogP contribution in [0.1, 0.15) is 12.0 Å². The van der Waals surface area contributed by atoms with Crippen molar-refractivity contribution in [2.75, 3.05) is 6.54 Å². The third-order valence-corrected chi connectivity index (χ3v) is 3.31. The summed E-state index contributed by atoms with van der Waals surface area (Å²) in [7, 11) is 0. The Morgan fingerprint density at radius 2 is 2.00 bits per heavy atom. The van der Waals surface area contributed by atoms with E-state index in [2.05, 4.69) is 0 Å². The van der Waals surface area contributed by atoms with Crippen molar-refractivity contribution >= 4 is 11.6 Å². The molecule has 0 spiro atoms. The molecule has 1 unspecified atom stereocenters. The highest BCUT2D eigenvalue weighted by molar-refractivity contribution is 6.29. The Morgan fingerprint density at radius 1 is 1.29 bits per heavy atom. The molecule has 3 heteroatoms. The van der Waals surface area contributed by atoms with Crippen LogP contribution in [0.5, 0.6) is 0 Å². The molecule has 2 rings (SSSR count). The van der Waals surface area contributed by atoms with E-state index < -0.39 is 5.41 Å². The SMILES string of the molecule is NCC1(Cc2ccccc2)C=C(F)C=C(Cl)C1. The minimum atomic E-state index is -0.392. The smallest absolute Gasteiger partial charge is 0.121 e. The summed E-state index contributed by atoms with van der Waals surface area (Å²) in [5.41, 5.74) is 6.57. The fraction of sp³-hybridized carbons (Fsp3) is 0.286. The van der Waals surface area contributed by atoms with Gasteiger partial charge in [0.05, 0.1) is 0 Å². The molecule has 0 radical (unpaired) electrons. The van der Waals surface area contributed by atoms with E-state index in [1.165, 1.54) is 6.08 Å². The summed E-state index contributed by atoms with van der Waals surface area (Å²) in [6.45, 7) is 0.388. The summed E-state index contributed by atoms with van der Waals surface area (Å²) in [6.07, 6.45) is 4.28. The van der Waals surface area contributed by atoms with Gasteiger partial charge in [-0.25, -0.2) is 4.39 Å². The third kappa shape index (κ3) is 2.96. The van der Waals surface area contributed by atoms with Gasteiger partial charge in [0, 0.05) is 17.0 Å². The van der Waals surface area contributed by atoms with E-state index in [1.807, 2.05) is 30.3 Å². The van der Waals surface area contributed by atoms with Crippen molar-refractivity contribution in [1.29, 1.82) is 0 Å². The van der Waals surface area contributed by atoms with Crippen LogP contribution in [0.2, 0.25) is 0 Å². The fourth-order valence-electron chi connectivity index (χ4n) is 2.24. The Labute approximate surface area is 106 Å². The molecule has 1 aromatic carbocycles. The van der Waals surface area contributed by atoms with E-state index in [0.717, 1.165) is 5.56 Å². The van der Waals surface area contributed by atoms with Gasteiger partial charge in [0.15, 0.2) is 0 Å². The molecule has 0 saturated carbocycles. The third-order valence-electron chi connectivity index (χ3n) is 3.07. The van der Waals surface area contributed by atoms with Gasteiger partial charge in [-0.05, 0) is 30.6 Å². The van der Waals surface area contributed by atoms with Crippen LogP contribution in [0.15, 0.2) is 53.3 Å². The first-order chi connectivity index (χ1) is 8.13. The highest BCUT2D eigenvalue weighted by atomic mass is 35.5. The molecule has 17 heavy (non-hydrogen) atoms. The van der Waals surface area contributed by atoms with Crippen LogP contribution in [-0.2, 0) is 6.42 Å². The van der Waals surface area contributed by atoms with Gasteiger partial charge < -0.3 is 5.73 Å². The Morgan fingerprint density at radius 3 is 2.59 bits per heavy atom. The first-order valence-electron chi connectivity index (χ1n) is 5.62. The highest BCUT2D eigenvalue weighted by Crippen LogP contribution is 2.38. The van der Waals surface area contributed by atoms with Crippen LogP contribution in [0, 0.1) is 5.41 Å². The minimum absolute atomic E-state index is 0.289. The lowest BCUT2D eigenvalue weighted by molar-refractivity contribution is 0.376. The zero-order chi connectivity index (χ0) is 12.3. The predicted octanol–water partition coefficient (Wildman–Crippen LogP) is 3.55. The molecule has 0 bridgehead atoms. The zero-order valence-electron chi connectivity index (χ0n) is 9.50. The largest absolute Gasteiger partial charge is 0.330 e. The number of allylic oxidation sites excluding steroid dienone is 3. The van der Waals surface area contributed by atoms with Gasteiger partial charge in [-0.3, -0.25) is 0 Å². The first-order valence-corrected chi connectivity index (χ1v) is 6.00. The highest BCUT2D eigenvalue weighted by Gasteiger charge is 2.31. The molecule has 2 N–H and O–H groups in total. The molecular formula is C14H15ClFN. The summed E-state index contributed by atoms with van der Waals surface area (Å²) in [5, 5.41) is 0.534. The zero-order valence-corrected chi connectivity index (χ0v) is 10.3. The molecule has 1 aliphatic rings. The quantitative estimate of drug-likeness (QED) is 0.874. The molecule has 1 nitrogen and oxygen atoms in total. The number of benzene rings is 1. The Hall–Kier alpha value is -1.12. The van der Waals surface area contributed by atoms with Crippen molar-refractivity contribution in [2.24, 2.45) is 11.1 Å². The number of hydrogen-bond donors (Lipinski definition) is 1. The maximum atomic E-state index is 13.5. The van der Waals surface area contributed by atoms with Crippen LogP contribution < -0.4 is 5.73 Å². The monoisotopic (exact) mass is 251 g/mol. The van der Waals surface area contributed by atoms with Crippen LogP contribution in [0.3, 0.4) is 0 Å². The molecule has 0 heterocycles.